The van der Waals surface area contributed by atoms with Crippen LogP contribution in [0.15, 0.2) is 85.5 Å². The Kier molecular flexibility index (Phi) is 16.6. The van der Waals surface area contributed by atoms with Crippen LogP contribution in [0, 0.1) is 12.8 Å². The predicted octanol–water partition coefficient (Wildman–Crippen LogP) is 9.99. The van der Waals surface area contributed by atoms with Gasteiger partial charge in [0, 0.05) is 30.1 Å². The van der Waals surface area contributed by atoms with Gasteiger partial charge in [0.15, 0.2) is 0 Å². The van der Waals surface area contributed by atoms with E-state index in [4.69, 9.17) is 0 Å². The van der Waals surface area contributed by atoms with Crippen molar-refractivity contribution in [3.8, 4) is 0 Å². The van der Waals surface area contributed by atoms with Gasteiger partial charge in [-0.05, 0) is 75.3 Å². The molecule has 1 atom stereocenters. The summed E-state index contributed by atoms with van der Waals surface area (Å²) in [5.74, 6) is 0.676. The average Bonchev–Trinajstić information content (AvgIpc) is 2.98. The second-order valence-electron chi connectivity index (χ2n) is 8.89. The van der Waals surface area contributed by atoms with Crippen LogP contribution < -0.4 is 0 Å². The van der Waals surface area contributed by atoms with Crippen molar-refractivity contribution in [2.75, 3.05) is 0 Å². The van der Waals surface area contributed by atoms with Gasteiger partial charge in [0.25, 0.3) is 0 Å². The Morgan fingerprint density at radius 1 is 1.08 bits per heavy atom. The molecule has 0 aliphatic heterocycles. The lowest BCUT2D eigenvalue weighted by Crippen LogP contribution is -2.05. The molecule has 36 heavy (non-hydrogen) atoms. The number of ketones is 1. The summed E-state index contributed by atoms with van der Waals surface area (Å²) >= 11 is 0. The molecular formula is C34H49NO. The van der Waals surface area contributed by atoms with Gasteiger partial charge in [-0.1, -0.05) is 82.4 Å². The summed E-state index contributed by atoms with van der Waals surface area (Å²) in [5, 5.41) is 1.18. The number of aryl methyl sites for hydroxylation is 1. The van der Waals surface area contributed by atoms with Crippen molar-refractivity contribution in [3.05, 3.63) is 102 Å². The number of aromatic nitrogens is 1. The zero-order valence-corrected chi connectivity index (χ0v) is 24.2. The zero-order valence-electron chi connectivity index (χ0n) is 24.2. The molecule has 196 valence electrons. The normalized spacial score (nSPS) is 13.6. The first-order valence-corrected chi connectivity index (χ1v) is 13.2. The third-order valence-corrected chi connectivity index (χ3v) is 5.49. The number of allylic oxidation sites excluding steroid dienone is 8. The number of fused-ring (bicyclic) bond motifs is 1. The van der Waals surface area contributed by atoms with Crippen LogP contribution in [0.3, 0.4) is 0 Å². The van der Waals surface area contributed by atoms with Gasteiger partial charge in [-0.2, -0.15) is 0 Å². The molecule has 1 aliphatic rings. The van der Waals surface area contributed by atoms with Gasteiger partial charge in [0.1, 0.15) is 5.78 Å². The molecule has 1 aliphatic carbocycles. The van der Waals surface area contributed by atoms with Crippen LogP contribution in [-0.2, 0) is 17.6 Å². The summed E-state index contributed by atoms with van der Waals surface area (Å²) in [4.78, 5) is 12.9. The van der Waals surface area contributed by atoms with E-state index in [-0.39, 0.29) is 5.78 Å². The SMILES string of the molecule is C=C(C)C.C=CC.C=Cn1c(C)c(CC(=O)CC2=CC(CC)C=CC=C2)c2cc(CC)ccc21.CC. The number of carbonyl (C=O) groups excluding carboxylic acids is 1. The Morgan fingerprint density at radius 2 is 1.69 bits per heavy atom. The number of benzene rings is 1. The molecule has 2 heteroatoms. The van der Waals surface area contributed by atoms with Gasteiger partial charge in [0.2, 0.25) is 0 Å². The second kappa shape index (κ2) is 18.2. The van der Waals surface area contributed by atoms with Crippen LogP contribution in [0.5, 0.6) is 0 Å². The first-order chi connectivity index (χ1) is 17.2. The summed E-state index contributed by atoms with van der Waals surface area (Å²) in [5.41, 5.74) is 6.96. The third kappa shape index (κ3) is 10.6. The highest BCUT2D eigenvalue weighted by atomic mass is 16.1. The van der Waals surface area contributed by atoms with Crippen molar-refractivity contribution >= 4 is 22.9 Å². The highest BCUT2D eigenvalue weighted by Crippen LogP contribution is 2.29. The summed E-state index contributed by atoms with van der Waals surface area (Å²) in [6.07, 6.45) is 17.2. The maximum absolute atomic E-state index is 12.9. The minimum atomic E-state index is 0.260. The molecule has 0 N–H and O–H groups in total. The molecule has 2 nitrogen and oxygen atoms in total. The Balaban J connectivity index is 0.00000119. The van der Waals surface area contributed by atoms with E-state index < -0.39 is 0 Å². The molecule has 3 rings (SSSR count). The van der Waals surface area contributed by atoms with Crippen molar-refractivity contribution in [1.82, 2.24) is 4.57 Å². The van der Waals surface area contributed by atoms with E-state index >= 15 is 0 Å². The lowest BCUT2D eigenvalue weighted by Gasteiger charge is -2.07. The Hall–Kier alpha value is -3.13. The third-order valence-electron chi connectivity index (χ3n) is 5.49. The van der Waals surface area contributed by atoms with E-state index in [0.717, 1.165) is 35.2 Å². The standard InChI is InChI=1S/C25H29NO.C4H8.C3H6.C2H6/c1-5-19-10-8-9-11-21(14-19)15-22(27)17-23-18(4)26(7-3)25-13-12-20(6-2)16-24(23)25;1-4(2)3;1-3-2;1-2/h7-14,16,19H,3,5-6,15,17H2,1-2,4H3;1H2,2-3H3;3H,1H2,2H3;1-2H3. The largest absolute Gasteiger partial charge is 0.321 e. The van der Waals surface area contributed by atoms with Crippen LogP contribution in [0.25, 0.3) is 17.1 Å². The monoisotopic (exact) mass is 487 g/mol. The smallest absolute Gasteiger partial charge is 0.141 e. The molecule has 0 saturated carbocycles. The Morgan fingerprint density at radius 3 is 2.22 bits per heavy atom. The molecule has 1 heterocycles. The number of hydrogen-bond donors (Lipinski definition) is 0. The van der Waals surface area contributed by atoms with Crippen molar-refractivity contribution in [3.63, 3.8) is 0 Å². The van der Waals surface area contributed by atoms with Crippen molar-refractivity contribution in [1.29, 1.82) is 0 Å². The van der Waals surface area contributed by atoms with Gasteiger partial charge in [-0.3, -0.25) is 4.79 Å². The van der Waals surface area contributed by atoms with Crippen LogP contribution >= 0.6 is 0 Å². The number of nitrogens with zero attached hydrogens (tertiary/aromatic N) is 1. The molecule has 0 bridgehead atoms. The van der Waals surface area contributed by atoms with Crippen molar-refractivity contribution < 1.29 is 4.79 Å². The number of Topliss-reactive ketones (excluding diaryl/α,β-unsaturated/α-hetero) is 1. The highest BCUT2D eigenvalue weighted by molar-refractivity contribution is 5.93. The summed E-state index contributed by atoms with van der Waals surface area (Å²) in [6, 6.07) is 6.53. The molecule has 0 spiro atoms. The fourth-order valence-corrected chi connectivity index (χ4v) is 3.87. The maximum atomic E-state index is 12.9. The van der Waals surface area contributed by atoms with E-state index in [1.807, 2.05) is 46.9 Å². The molecule has 1 unspecified atom stereocenters. The lowest BCUT2D eigenvalue weighted by atomic mass is 9.97. The van der Waals surface area contributed by atoms with Crippen molar-refractivity contribution in [2.45, 2.75) is 81.1 Å². The van der Waals surface area contributed by atoms with Crippen LogP contribution in [0.4, 0.5) is 0 Å². The van der Waals surface area contributed by atoms with Crippen LogP contribution in [0.1, 0.15) is 78.1 Å². The van der Waals surface area contributed by atoms with E-state index in [9.17, 15) is 4.79 Å². The Bertz CT molecular complexity index is 1080. The fourth-order valence-electron chi connectivity index (χ4n) is 3.87. The molecule has 0 amide bonds. The highest BCUT2D eigenvalue weighted by Gasteiger charge is 2.17. The fraction of sp³-hybridized carbons (Fsp3) is 0.382. The van der Waals surface area contributed by atoms with Crippen molar-refractivity contribution in [2.24, 2.45) is 5.92 Å². The van der Waals surface area contributed by atoms with Crippen LogP contribution in [-0.4, -0.2) is 10.4 Å². The van der Waals surface area contributed by atoms with Gasteiger partial charge in [-0.15, -0.1) is 13.2 Å². The maximum Gasteiger partial charge on any atom is 0.141 e. The average molecular weight is 488 g/mol. The van der Waals surface area contributed by atoms with Crippen LogP contribution in [0.2, 0.25) is 0 Å². The summed E-state index contributed by atoms with van der Waals surface area (Å²) < 4.78 is 2.10. The molecule has 2 aromatic rings. The quantitative estimate of drug-likeness (QED) is 0.356. The topological polar surface area (TPSA) is 22.0 Å². The molecule has 0 saturated heterocycles. The van der Waals surface area contributed by atoms with Gasteiger partial charge in [0.05, 0.1) is 5.52 Å². The molecule has 0 radical (unpaired) electrons. The zero-order chi connectivity index (χ0) is 27.7. The van der Waals surface area contributed by atoms with E-state index in [0.29, 0.717) is 18.8 Å². The lowest BCUT2D eigenvalue weighted by molar-refractivity contribution is -0.117. The van der Waals surface area contributed by atoms with E-state index in [1.54, 1.807) is 6.08 Å². The van der Waals surface area contributed by atoms with Gasteiger partial charge < -0.3 is 4.57 Å². The minimum absolute atomic E-state index is 0.260. The number of carbonyl (C=O) groups is 1. The molecule has 1 aromatic carbocycles. The number of hydrogen-bond acceptors (Lipinski definition) is 1. The summed E-state index contributed by atoms with van der Waals surface area (Å²) in [6.45, 7) is 27.1. The predicted molar refractivity (Wildman–Crippen MR) is 164 cm³/mol. The molecule has 1 aromatic heterocycles. The van der Waals surface area contributed by atoms with E-state index in [1.165, 1.54) is 16.5 Å². The molecular weight excluding hydrogens is 438 g/mol. The first kappa shape index (κ1) is 32.9. The minimum Gasteiger partial charge on any atom is -0.321 e. The van der Waals surface area contributed by atoms with Gasteiger partial charge >= 0.3 is 0 Å². The second-order valence-corrected chi connectivity index (χ2v) is 8.89. The first-order valence-electron chi connectivity index (χ1n) is 13.2. The summed E-state index contributed by atoms with van der Waals surface area (Å²) in [7, 11) is 0. The molecule has 0 fully saturated rings. The van der Waals surface area contributed by atoms with E-state index in [2.05, 4.69) is 87.6 Å². The van der Waals surface area contributed by atoms with Gasteiger partial charge in [-0.25, -0.2) is 0 Å². The number of rotatable bonds is 7. The Labute approximate surface area is 221 Å².